The lowest BCUT2D eigenvalue weighted by Gasteiger charge is -2.19. The summed E-state index contributed by atoms with van der Waals surface area (Å²) in [4.78, 5) is 4.24. The quantitative estimate of drug-likeness (QED) is 0.867. The molecule has 0 amide bonds. The van der Waals surface area contributed by atoms with Crippen molar-refractivity contribution >= 4 is 27.3 Å². The smallest absolute Gasteiger partial charge is 0.243 e. The number of halogens is 1. The van der Waals surface area contributed by atoms with Crippen LogP contribution in [0.4, 0.5) is 5.69 Å². The summed E-state index contributed by atoms with van der Waals surface area (Å²) < 4.78 is 28.3. The van der Waals surface area contributed by atoms with Crippen LogP contribution in [0.3, 0.4) is 0 Å². The molecule has 0 aliphatic rings. The van der Waals surface area contributed by atoms with Gasteiger partial charge in [0, 0.05) is 37.2 Å². The lowest BCUT2D eigenvalue weighted by molar-refractivity contribution is 0.451. The average Bonchev–Trinajstić information content (AvgIpc) is 2.79. The molecule has 1 heterocycles. The van der Waals surface area contributed by atoms with Gasteiger partial charge in [0.25, 0.3) is 0 Å². The highest BCUT2D eigenvalue weighted by molar-refractivity contribution is 7.89. The average molecular weight is 329 g/mol. The molecule has 0 aliphatic carbocycles. The molecule has 8 heteroatoms. The summed E-state index contributed by atoms with van der Waals surface area (Å²) in [5, 5.41) is 0.294. The number of benzene rings is 1. The predicted octanol–water partition coefficient (Wildman–Crippen LogP) is 1.78. The maximum Gasteiger partial charge on any atom is 0.243 e. The molecule has 2 aromatic rings. The third kappa shape index (κ3) is 3.04. The zero-order valence-corrected chi connectivity index (χ0v) is 13.6. The number of anilines is 1. The second-order valence-electron chi connectivity index (χ2n) is 4.83. The first-order valence-corrected chi connectivity index (χ1v) is 8.03. The minimum Gasteiger partial charge on any atom is -0.398 e. The van der Waals surface area contributed by atoms with E-state index < -0.39 is 10.0 Å². The molecule has 0 unspecified atom stereocenters. The number of hydrogen-bond acceptors (Lipinski definition) is 4. The highest BCUT2D eigenvalue weighted by Gasteiger charge is 2.25. The topological polar surface area (TPSA) is 81.2 Å². The Balaban J connectivity index is 2.40. The van der Waals surface area contributed by atoms with Crippen LogP contribution in [-0.4, -0.2) is 29.3 Å². The van der Waals surface area contributed by atoms with Gasteiger partial charge in [0.05, 0.1) is 11.4 Å². The van der Waals surface area contributed by atoms with Crippen LogP contribution in [0.25, 0.3) is 0 Å². The third-order valence-corrected chi connectivity index (χ3v) is 5.49. The molecule has 0 radical (unpaired) electrons. The molecule has 0 aliphatic heterocycles. The lowest BCUT2D eigenvalue weighted by Crippen LogP contribution is -2.28. The van der Waals surface area contributed by atoms with Gasteiger partial charge in [-0.15, -0.1) is 0 Å². The first kappa shape index (κ1) is 15.8. The minimum absolute atomic E-state index is 0.115. The van der Waals surface area contributed by atoms with E-state index >= 15 is 0 Å². The molecular weight excluding hydrogens is 312 g/mol. The number of aryl methyl sites for hydroxylation is 1. The standard InChI is InChI=1S/C13H17ClN4O2S/c1-9-11(15)6-10(14)7-12(9)21(19,20)18(3)8-13-16-4-5-17(13)2/h4-7H,8,15H2,1-3H3. The van der Waals surface area contributed by atoms with Crippen LogP contribution in [0, 0.1) is 6.92 Å². The number of hydrogen-bond donors (Lipinski definition) is 1. The number of rotatable bonds is 4. The van der Waals surface area contributed by atoms with E-state index in [1.165, 1.54) is 23.5 Å². The maximum atomic E-state index is 12.7. The van der Waals surface area contributed by atoms with Gasteiger partial charge in [0.15, 0.2) is 0 Å². The Morgan fingerprint density at radius 2 is 2.10 bits per heavy atom. The summed E-state index contributed by atoms with van der Waals surface area (Å²) in [7, 11) is -0.380. The van der Waals surface area contributed by atoms with Crippen LogP contribution in [0.1, 0.15) is 11.4 Å². The second-order valence-corrected chi connectivity index (χ2v) is 7.28. The fraction of sp³-hybridized carbons (Fsp3) is 0.308. The van der Waals surface area contributed by atoms with Crippen molar-refractivity contribution in [3.63, 3.8) is 0 Å². The van der Waals surface area contributed by atoms with E-state index in [4.69, 9.17) is 17.3 Å². The molecule has 0 saturated heterocycles. The Labute approximate surface area is 129 Å². The Morgan fingerprint density at radius 1 is 1.43 bits per heavy atom. The summed E-state index contributed by atoms with van der Waals surface area (Å²) in [5.41, 5.74) is 6.64. The van der Waals surface area contributed by atoms with Crippen LogP contribution in [0.5, 0.6) is 0 Å². The Bertz CT molecular complexity index is 770. The minimum atomic E-state index is -3.69. The molecule has 6 nitrogen and oxygen atoms in total. The summed E-state index contributed by atoms with van der Waals surface area (Å²) in [6, 6.07) is 2.95. The number of sulfonamides is 1. The van der Waals surface area contributed by atoms with Crippen LogP contribution >= 0.6 is 11.6 Å². The predicted molar refractivity (Wildman–Crippen MR) is 82.5 cm³/mol. The van der Waals surface area contributed by atoms with E-state index in [0.717, 1.165) is 0 Å². The molecule has 114 valence electrons. The van der Waals surface area contributed by atoms with Gasteiger partial charge < -0.3 is 10.3 Å². The molecule has 1 aromatic carbocycles. The zero-order chi connectivity index (χ0) is 15.8. The second kappa shape index (κ2) is 5.67. The van der Waals surface area contributed by atoms with Crippen molar-refractivity contribution in [1.82, 2.24) is 13.9 Å². The highest BCUT2D eigenvalue weighted by Crippen LogP contribution is 2.28. The molecule has 0 atom stereocenters. The van der Waals surface area contributed by atoms with E-state index in [1.807, 2.05) is 7.05 Å². The molecule has 2 rings (SSSR count). The molecule has 2 N–H and O–H groups in total. The molecular formula is C13H17ClN4O2S. The summed E-state index contributed by atoms with van der Waals surface area (Å²) in [6.45, 7) is 1.82. The van der Waals surface area contributed by atoms with Gasteiger partial charge >= 0.3 is 0 Å². The number of aromatic nitrogens is 2. The summed E-state index contributed by atoms with van der Waals surface area (Å²) in [6.07, 6.45) is 3.39. The SMILES string of the molecule is Cc1c(N)cc(Cl)cc1S(=O)(=O)N(C)Cc1nccn1C. The van der Waals surface area contributed by atoms with E-state index in [-0.39, 0.29) is 11.4 Å². The van der Waals surface area contributed by atoms with Gasteiger partial charge in [0.1, 0.15) is 5.82 Å². The third-order valence-electron chi connectivity index (χ3n) is 3.34. The normalized spacial score (nSPS) is 12.0. The van der Waals surface area contributed by atoms with Gasteiger partial charge in [-0.1, -0.05) is 11.6 Å². The van der Waals surface area contributed by atoms with Gasteiger partial charge in [-0.2, -0.15) is 4.31 Å². The Kier molecular flexibility index (Phi) is 4.27. The first-order valence-electron chi connectivity index (χ1n) is 6.21. The van der Waals surface area contributed by atoms with Crippen LogP contribution in [0.2, 0.25) is 5.02 Å². The van der Waals surface area contributed by atoms with Gasteiger partial charge in [-0.3, -0.25) is 0 Å². The molecule has 0 spiro atoms. The van der Waals surface area contributed by atoms with E-state index in [0.29, 0.717) is 22.1 Å². The Morgan fingerprint density at radius 3 is 2.67 bits per heavy atom. The van der Waals surface area contributed by atoms with E-state index in [1.54, 1.807) is 23.9 Å². The van der Waals surface area contributed by atoms with Crippen molar-refractivity contribution in [2.24, 2.45) is 7.05 Å². The van der Waals surface area contributed by atoms with Crippen molar-refractivity contribution in [1.29, 1.82) is 0 Å². The number of nitrogens with zero attached hydrogens (tertiary/aromatic N) is 3. The molecule has 0 saturated carbocycles. The fourth-order valence-electron chi connectivity index (χ4n) is 1.94. The van der Waals surface area contributed by atoms with Crippen molar-refractivity contribution < 1.29 is 8.42 Å². The van der Waals surface area contributed by atoms with Gasteiger partial charge in [-0.25, -0.2) is 13.4 Å². The van der Waals surface area contributed by atoms with Crippen LogP contribution < -0.4 is 5.73 Å². The monoisotopic (exact) mass is 328 g/mol. The molecule has 1 aromatic heterocycles. The van der Waals surface area contributed by atoms with Crippen molar-refractivity contribution in [2.75, 3.05) is 12.8 Å². The van der Waals surface area contributed by atoms with Crippen LogP contribution in [0.15, 0.2) is 29.4 Å². The number of nitrogens with two attached hydrogens (primary N) is 1. The first-order chi connectivity index (χ1) is 9.73. The lowest BCUT2D eigenvalue weighted by atomic mass is 10.2. The van der Waals surface area contributed by atoms with Gasteiger partial charge in [0.2, 0.25) is 10.0 Å². The van der Waals surface area contributed by atoms with E-state index in [2.05, 4.69) is 4.98 Å². The molecule has 0 fully saturated rings. The highest BCUT2D eigenvalue weighted by atomic mass is 35.5. The van der Waals surface area contributed by atoms with Gasteiger partial charge in [-0.05, 0) is 24.6 Å². The Hall–Kier alpha value is -1.57. The van der Waals surface area contributed by atoms with Crippen LogP contribution in [-0.2, 0) is 23.6 Å². The summed E-state index contributed by atoms with van der Waals surface area (Å²) >= 11 is 5.92. The van der Waals surface area contributed by atoms with Crippen molar-refractivity contribution in [2.45, 2.75) is 18.4 Å². The van der Waals surface area contributed by atoms with Crippen molar-refractivity contribution in [3.05, 3.63) is 40.9 Å². The number of nitrogen functional groups attached to an aromatic ring is 1. The number of imidazole rings is 1. The van der Waals surface area contributed by atoms with Crippen molar-refractivity contribution in [3.8, 4) is 0 Å². The molecule has 21 heavy (non-hydrogen) atoms. The molecule has 0 bridgehead atoms. The largest absolute Gasteiger partial charge is 0.398 e. The fourth-order valence-corrected chi connectivity index (χ4v) is 3.64. The summed E-state index contributed by atoms with van der Waals surface area (Å²) in [5.74, 6) is 0.647. The maximum absolute atomic E-state index is 12.7. The van der Waals surface area contributed by atoms with E-state index in [9.17, 15) is 8.42 Å². The zero-order valence-electron chi connectivity index (χ0n) is 12.0.